The van der Waals surface area contributed by atoms with Crippen molar-refractivity contribution >= 4 is 17.8 Å². The second-order valence-electron chi connectivity index (χ2n) is 6.13. The molecule has 29 heavy (non-hydrogen) atoms. The van der Waals surface area contributed by atoms with E-state index in [0.29, 0.717) is 25.3 Å². The molecule has 3 aromatic rings. The highest BCUT2D eigenvalue weighted by atomic mass is 16.5. The fraction of sp³-hybridized carbons (Fsp3) is 0.158. The summed E-state index contributed by atoms with van der Waals surface area (Å²) >= 11 is 0. The number of aromatic nitrogens is 3. The monoisotopic (exact) mass is 398 g/mol. The Hall–Kier alpha value is -4.08. The van der Waals surface area contributed by atoms with E-state index in [1.54, 1.807) is 24.7 Å². The van der Waals surface area contributed by atoms with E-state index in [-0.39, 0.29) is 11.1 Å². The zero-order valence-electron chi connectivity index (χ0n) is 15.2. The standard InChI is InChI=1S/C19H18N4O6/c20-16-14(18(25)26)13(15(19(27)28)17(24)22-16)11-3-1-4-12(9-11)29-8-2-6-23-7-5-21-10-23/h1,3-5,7,9-10H,2,6,8H2,(H,25,26)(H,27,28)(H3,20,22,24). The molecule has 2 heterocycles. The largest absolute Gasteiger partial charge is 0.494 e. The number of pyridine rings is 1. The highest BCUT2D eigenvalue weighted by Crippen LogP contribution is 2.31. The van der Waals surface area contributed by atoms with Crippen molar-refractivity contribution in [2.75, 3.05) is 12.3 Å². The summed E-state index contributed by atoms with van der Waals surface area (Å²) in [6.07, 6.45) is 5.90. The summed E-state index contributed by atoms with van der Waals surface area (Å²) in [4.78, 5) is 41.4. The number of imidazole rings is 1. The van der Waals surface area contributed by atoms with E-state index in [2.05, 4.69) is 9.97 Å². The Kier molecular flexibility index (Phi) is 5.63. The number of nitrogens with one attached hydrogen (secondary N) is 1. The maximum Gasteiger partial charge on any atom is 0.342 e. The lowest BCUT2D eigenvalue weighted by Gasteiger charge is -2.13. The van der Waals surface area contributed by atoms with Gasteiger partial charge in [0.2, 0.25) is 0 Å². The molecule has 2 aromatic heterocycles. The average Bonchev–Trinajstić information content (AvgIpc) is 3.17. The predicted molar refractivity (Wildman–Crippen MR) is 103 cm³/mol. The number of nitrogens with zero attached hydrogens (tertiary/aromatic N) is 2. The van der Waals surface area contributed by atoms with Gasteiger partial charge in [-0.05, 0) is 24.1 Å². The second kappa shape index (κ2) is 8.30. The topological polar surface area (TPSA) is 161 Å². The molecule has 1 aromatic carbocycles. The molecular formula is C19H18N4O6. The molecule has 0 radical (unpaired) electrons. The summed E-state index contributed by atoms with van der Waals surface area (Å²) in [5.41, 5.74) is 3.40. The van der Waals surface area contributed by atoms with Crippen LogP contribution in [0.1, 0.15) is 27.1 Å². The van der Waals surface area contributed by atoms with Crippen LogP contribution < -0.4 is 16.0 Å². The predicted octanol–water partition coefficient (Wildman–Crippen LogP) is 1.69. The number of rotatable bonds is 8. The summed E-state index contributed by atoms with van der Waals surface area (Å²) in [6.45, 7) is 1.08. The number of aryl methyl sites for hydroxylation is 1. The van der Waals surface area contributed by atoms with Gasteiger partial charge in [0.25, 0.3) is 5.56 Å². The molecule has 0 spiro atoms. The number of nitrogen functional groups attached to an aromatic ring is 1. The molecule has 5 N–H and O–H groups in total. The molecule has 0 aliphatic carbocycles. The fourth-order valence-electron chi connectivity index (χ4n) is 2.93. The van der Waals surface area contributed by atoms with Crippen molar-refractivity contribution in [3.8, 4) is 16.9 Å². The number of carbonyl (C=O) groups is 2. The molecule has 3 rings (SSSR count). The molecular weight excluding hydrogens is 380 g/mol. The summed E-state index contributed by atoms with van der Waals surface area (Å²) in [5.74, 6) is -3.04. The van der Waals surface area contributed by atoms with Gasteiger partial charge in [-0.3, -0.25) is 4.79 Å². The normalized spacial score (nSPS) is 10.6. The summed E-state index contributed by atoms with van der Waals surface area (Å²) in [5, 5.41) is 19.0. The molecule has 0 bridgehead atoms. The minimum atomic E-state index is -1.56. The van der Waals surface area contributed by atoms with Crippen molar-refractivity contribution in [2.24, 2.45) is 0 Å². The minimum Gasteiger partial charge on any atom is -0.494 e. The summed E-state index contributed by atoms with van der Waals surface area (Å²) < 4.78 is 7.58. The van der Waals surface area contributed by atoms with E-state index < -0.39 is 34.4 Å². The van der Waals surface area contributed by atoms with Crippen LogP contribution in [0.25, 0.3) is 11.1 Å². The zero-order valence-corrected chi connectivity index (χ0v) is 15.2. The Labute approximate surface area is 164 Å². The van der Waals surface area contributed by atoms with Gasteiger partial charge in [0, 0.05) is 24.5 Å². The van der Waals surface area contributed by atoms with Gasteiger partial charge in [-0.25, -0.2) is 14.6 Å². The van der Waals surface area contributed by atoms with E-state index in [4.69, 9.17) is 10.5 Å². The van der Waals surface area contributed by atoms with E-state index in [0.717, 1.165) is 0 Å². The third-order valence-corrected chi connectivity index (χ3v) is 4.18. The van der Waals surface area contributed by atoms with Crippen LogP contribution in [0, 0.1) is 0 Å². The van der Waals surface area contributed by atoms with Gasteiger partial charge in [0.1, 0.15) is 22.7 Å². The van der Waals surface area contributed by atoms with Crippen LogP contribution in [0.3, 0.4) is 0 Å². The summed E-state index contributed by atoms with van der Waals surface area (Å²) in [6, 6.07) is 6.20. The zero-order chi connectivity index (χ0) is 21.0. The van der Waals surface area contributed by atoms with E-state index >= 15 is 0 Å². The number of hydrogen-bond acceptors (Lipinski definition) is 6. The Morgan fingerprint density at radius 1 is 1.21 bits per heavy atom. The Morgan fingerprint density at radius 2 is 1.97 bits per heavy atom. The molecule has 0 aliphatic heterocycles. The van der Waals surface area contributed by atoms with Gasteiger partial charge < -0.3 is 30.2 Å². The van der Waals surface area contributed by atoms with Gasteiger partial charge in [0.05, 0.1) is 12.9 Å². The third kappa shape index (κ3) is 4.26. The highest BCUT2D eigenvalue weighted by Gasteiger charge is 2.26. The molecule has 0 aliphatic rings. The number of carboxylic acids is 2. The first-order valence-corrected chi connectivity index (χ1v) is 8.59. The molecule has 0 fully saturated rings. The lowest BCUT2D eigenvalue weighted by atomic mass is 9.95. The third-order valence-electron chi connectivity index (χ3n) is 4.18. The first-order chi connectivity index (χ1) is 13.9. The van der Waals surface area contributed by atoms with Crippen LogP contribution in [0.2, 0.25) is 0 Å². The highest BCUT2D eigenvalue weighted by molar-refractivity contribution is 6.07. The molecule has 0 unspecified atom stereocenters. The fourth-order valence-corrected chi connectivity index (χ4v) is 2.93. The SMILES string of the molecule is Nc1[nH]c(=O)c(C(=O)O)c(-c2cccc(OCCCn3ccnc3)c2)c1C(=O)O. The Morgan fingerprint density at radius 3 is 2.62 bits per heavy atom. The number of anilines is 1. The molecule has 0 amide bonds. The number of benzene rings is 1. The summed E-state index contributed by atoms with van der Waals surface area (Å²) in [7, 11) is 0. The number of nitrogens with two attached hydrogens (primary N) is 1. The van der Waals surface area contributed by atoms with Crippen molar-refractivity contribution in [1.82, 2.24) is 14.5 Å². The molecule has 150 valence electrons. The van der Waals surface area contributed by atoms with E-state index in [1.165, 1.54) is 12.1 Å². The van der Waals surface area contributed by atoms with Crippen LogP contribution in [0.5, 0.6) is 5.75 Å². The molecule has 0 saturated heterocycles. The number of aromatic amines is 1. The maximum atomic E-state index is 12.1. The van der Waals surface area contributed by atoms with Crippen LogP contribution in [0.4, 0.5) is 5.82 Å². The molecule has 0 saturated carbocycles. The number of aromatic carboxylic acids is 2. The number of hydrogen-bond donors (Lipinski definition) is 4. The van der Waals surface area contributed by atoms with Crippen LogP contribution >= 0.6 is 0 Å². The quantitative estimate of drug-likeness (QED) is 0.417. The Balaban J connectivity index is 1.92. The van der Waals surface area contributed by atoms with Gasteiger partial charge in [0.15, 0.2) is 0 Å². The number of H-pyrrole nitrogens is 1. The number of carboxylic acid groups (broad SMARTS) is 2. The van der Waals surface area contributed by atoms with E-state index in [1.807, 2.05) is 10.8 Å². The smallest absolute Gasteiger partial charge is 0.342 e. The van der Waals surface area contributed by atoms with Crippen LogP contribution in [0.15, 0.2) is 47.8 Å². The lowest BCUT2D eigenvalue weighted by Crippen LogP contribution is -2.24. The van der Waals surface area contributed by atoms with E-state index in [9.17, 15) is 24.6 Å². The average molecular weight is 398 g/mol. The first kappa shape index (κ1) is 19.7. The minimum absolute atomic E-state index is 0.199. The van der Waals surface area contributed by atoms with Crippen LogP contribution in [-0.4, -0.2) is 43.3 Å². The molecule has 10 heteroatoms. The van der Waals surface area contributed by atoms with Crippen molar-refractivity contribution < 1.29 is 24.5 Å². The Bertz CT molecular complexity index is 1100. The van der Waals surface area contributed by atoms with Gasteiger partial charge in [-0.2, -0.15) is 0 Å². The maximum absolute atomic E-state index is 12.1. The van der Waals surface area contributed by atoms with Gasteiger partial charge in [-0.15, -0.1) is 0 Å². The van der Waals surface area contributed by atoms with Crippen LogP contribution in [-0.2, 0) is 6.54 Å². The second-order valence-corrected chi connectivity index (χ2v) is 6.13. The molecule has 0 atom stereocenters. The molecule has 10 nitrogen and oxygen atoms in total. The van der Waals surface area contributed by atoms with Gasteiger partial charge >= 0.3 is 11.9 Å². The lowest BCUT2D eigenvalue weighted by molar-refractivity contribution is 0.0695. The van der Waals surface area contributed by atoms with Crippen molar-refractivity contribution in [2.45, 2.75) is 13.0 Å². The number of ether oxygens (including phenoxy) is 1. The van der Waals surface area contributed by atoms with Crippen molar-refractivity contribution in [3.63, 3.8) is 0 Å². The first-order valence-electron chi connectivity index (χ1n) is 8.59. The van der Waals surface area contributed by atoms with Crippen molar-refractivity contribution in [3.05, 3.63) is 64.5 Å². The van der Waals surface area contributed by atoms with Crippen molar-refractivity contribution in [1.29, 1.82) is 0 Å². The van der Waals surface area contributed by atoms with Gasteiger partial charge in [-0.1, -0.05) is 12.1 Å².